The van der Waals surface area contributed by atoms with Crippen LogP contribution in [0.2, 0.25) is 0 Å². The third-order valence-electron chi connectivity index (χ3n) is 2.72. The molecule has 2 N–H and O–H groups in total. The molecule has 2 aromatic heterocycles. The van der Waals surface area contributed by atoms with Crippen LogP contribution >= 0.6 is 0 Å². The summed E-state index contributed by atoms with van der Waals surface area (Å²) in [5.74, 6) is 0.565. The number of amides is 1. The normalized spacial score (nSPS) is 9.86. The summed E-state index contributed by atoms with van der Waals surface area (Å²) in [6.45, 7) is 4.12. The lowest BCUT2D eigenvalue weighted by molar-refractivity contribution is 0.102. The second kappa shape index (κ2) is 7.72. The number of carbonyl (C=O) groups is 1. The zero-order valence-corrected chi connectivity index (χ0v) is 12.2. The Morgan fingerprint density at radius 3 is 3.05 bits per heavy atom. The molecule has 0 fully saturated rings. The molecule has 7 nitrogen and oxygen atoms in total. The van der Waals surface area contributed by atoms with E-state index in [0.717, 1.165) is 0 Å². The molecule has 0 aliphatic heterocycles. The summed E-state index contributed by atoms with van der Waals surface area (Å²) in [6, 6.07) is 3.22. The van der Waals surface area contributed by atoms with Crippen LogP contribution in [0.25, 0.3) is 0 Å². The molecule has 2 aromatic rings. The molecule has 7 heteroatoms. The maximum absolute atomic E-state index is 12.2. The highest BCUT2D eigenvalue weighted by Crippen LogP contribution is 2.23. The summed E-state index contributed by atoms with van der Waals surface area (Å²) in [5.41, 5.74) is 0.737. The molecule has 114 valence electrons. The van der Waals surface area contributed by atoms with Gasteiger partial charge in [0.1, 0.15) is 17.1 Å². The van der Waals surface area contributed by atoms with Gasteiger partial charge in [-0.05, 0) is 12.5 Å². The second-order valence-electron chi connectivity index (χ2n) is 4.27. The first-order chi connectivity index (χ1) is 10.7. The third-order valence-corrected chi connectivity index (χ3v) is 2.72. The number of pyridine rings is 1. The molecule has 0 unspecified atom stereocenters. The molecule has 0 radical (unpaired) electrons. The van der Waals surface area contributed by atoms with Gasteiger partial charge in [-0.15, -0.1) is 6.58 Å². The average Bonchev–Trinajstić information content (AvgIpc) is 2.56. The predicted octanol–water partition coefficient (Wildman–Crippen LogP) is 2.12. The van der Waals surface area contributed by atoms with Gasteiger partial charge < -0.3 is 15.4 Å². The van der Waals surface area contributed by atoms with E-state index < -0.39 is 0 Å². The van der Waals surface area contributed by atoms with E-state index in [0.29, 0.717) is 30.4 Å². The van der Waals surface area contributed by atoms with E-state index in [1.54, 1.807) is 25.4 Å². The Kier molecular flexibility index (Phi) is 5.42. The lowest BCUT2D eigenvalue weighted by Gasteiger charge is -2.11. The Labute approximate surface area is 128 Å². The van der Waals surface area contributed by atoms with Crippen LogP contribution in [-0.4, -0.2) is 34.5 Å². The minimum absolute atomic E-state index is 0.250. The summed E-state index contributed by atoms with van der Waals surface area (Å²) in [4.78, 5) is 24.3. The standard InChI is InChI=1S/C15H17N5O2/c1-3-4-9-22-13-6-7-17-10-12(13)19-14(21)11-5-8-18-15(16-2)20-11/h3,5-8,10H,1,4,9H2,2H3,(H,19,21)(H,16,18,20). The van der Waals surface area contributed by atoms with E-state index in [1.165, 1.54) is 18.5 Å². The molecule has 0 atom stereocenters. The molecule has 22 heavy (non-hydrogen) atoms. The van der Waals surface area contributed by atoms with Gasteiger partial charge in [-0.2, -0.15) is 0 Å². The number of anilines is 2. The first-order valence-electron chi connectivity index (χ1n) is 6.74. The topological polar surface area (TPSA) is 89.0 Å². The summed E-state index contributed by atoms with van der Waals surface area (Å²) in [5, 5.41) is 5.52. The van der Waals surface area contributed by atoms with Crippen molar-refractivity contribution in [3.8, 4) is 5.75 Å². The van der Waals surface area contributed by atoms with Crippen LogP contribution in [0.15, 0.2) is 43.4 Å². The van der Waals surface area contributed by atoms with Gasteiger partial charge in [0.15, 0.2) is 0 Å². The van der Waals surface area contributed by atoms with Crippen molar-refractivity contribution in [2.45, 2.75) is 6.42 Å². The summed E-state index contributed by atoms with van der Waals surface area (Å²) < 4.78 is 5.59. The van der Waals surface area contributed by atoms with Crippen LogP contribution in [0.1, 0.15) is 16.9 Å². The lowest BCUT2D eigenvalue weighted by Crippen LogP contribution is -2.15. The summed E-state index contributed by atoms with van der Waals surface area (Å²) in [6.07, 6.45) is 7.12. The third kappa shape index (κ3) is 4.02. The Hall–Kier alpha value is -2.96. The molecule has 1 amide bonds. The molecule has 2 heterocycles. The van der Waals surface area contributed by atoms with Gasteiger partial charge >= 0.3 is 0 Å². The van der Waals surface area contributed by atoms with Crippen LogP contribution in [0.4, 0.5) is 11.6 Å². The lowest BCUT2D eigenvalue weighted by atomic mass is 10.3. The van der Waals surface area contributed by atoms with E-state index in [1.807, 2.05) is 0 Å². The van der Waals surface area contributed by atoms with Crippen molar-refractivity contribution in [1.82, 2.24) is 15.0 Å². The Morgan fingerprint density at radius 1 is 1.41 bits per heavy atom. The molecule has 0 aliphatic carbocycles. The van der Waals surface area contributed by atoms with Crippen molar-refractivity contribution in [3.63, 3.8) is 0 Å². The Balaban J connectivity index is 2.12. The van der Waals surface area contributed by atoms with Crippen molar-refractivity contribution in [2.75, 3.05) is 24.3 Å². The fourth-order valence-electron chi connectivity index (χ4n) is 1.65. The van der Waals surface area contributed by atoms with Crippen LogP contribution in [-0.2, 0) is 0 Å². The van der Waals surface area contributed by atoms with Gasteiger partial charge in [-0.3, -0.25) is 9.78 Å². The van der Waals surface area contributed by atoms with Crippen LogP contribution < -0.4 is 15.4 Å². The van der Waals surface area contributed by atoms with Gasteiger partial charge in [0.2, 0.25) is 5.95 Å². The number of carbonyl (C=O) groups excluding carboxylic acids is 1. The number of hydrogen-bond acceptors (Lipinski definition) is 6. The molecule has 0 bridgehead atoms. The molecule has 0 aromatic carbocycles. The van der Waals surface area contributed by atoms with E-state index in [9.17, 15) is 4.79 Å². The first kappa shape index (κ1) is 15.4. The highest BCUT2D eigenvalue weighted by molar-refractivity contribution is 6.03. The fraction of sp³-hybridized carbons (Fsp3) is 0.200. The van der Waals surface area contributed by atoms with E-state index in [4.69, 9.17) is 4.74 Å². The Morgan fingerprint density at radius 2 is 2.27 bits per heavy atom. The van der Waals surface area contributed by atoms with Gasteiger partial charge in [0, 0.05) is 25.5 Å². The first-order valence-corrected chi connectivity index (χ1v) is 6.74. The van der Waals surface area contributed by atoms with Gasteiger partial charge in [0.05, 0.1) is 12.8 Å². The number of ether oxygens (including phenoxy) is 1. The van der Waals surface area contributed by atoms with Crippen LogP contribution in [0.5, 0.6) is 5.75 Å². The number of rotatable bonds is 7. The highest BCUT2D eigenvalue weighted by Gasteiger charge is 2.12. The number of aromatic nitrogens is 3. The average molecular weight is 299 g/mol. The molecule has 0 saturated heterocycles. The molecular formula is C15H17N5O2. The van der Waals surface area contributed by atoms with Crippen molar-refractivity contribution < 1.29 is 9.53 Å². The predicted molar refractivity (Wildman–Crippen MR) is 84.1 cm³/mol. The molecule has 0 aliphatic rings. The van der Waals surface area contributed by atoms with Crippen molar-refractivity contribution in [2.24, 2.45) is 0 Å². The fourth-order valence-corrected chi connectivity index (χ4v) is 1.65. The second-order valence-corrected chi connectivity index (χ2v) is 4.27. The Bertz CT molecular complexity index is 660. The SMILES string of the molecule is C=CCCOc1ccncc1NC(=O)c1ccnc(NC)n1. The molecule has 2 rings (SSSR count). The minimum atomic E-state index is -0.361. The number of nitrogens with zero attached hydrogens (tertiary/aromatic N) is 3. The number of hydrogen-bond donors (Lipinski definition) is 2. The molecule has 0 spiro atoms. The van der Waals surface area contributed by atoms with Gasteiger partial charge in [0.25, 0.3) is 5.91 Å². The van der Waals surface area contributed by atoms with Crippen molar-refractivity contribution in [1.29, 1.82) is 0 Å². The minimum Gasteiger partial charge on any atom is -0.491 e. The maximum atomic E-state index is 12.2. The highest BCUT2D eigenvalue weighted by atomic mass is 16.5. The number of nitrogens with one attached hydrogen (secondary N) is 2. The zero-order chi connectivity index (χ0) is 15.8. The van der Waals surface area contributed by atoms with Crippen LogP contribution in [0.3, 0.4) is 0 Å². The van der Waals surface area contributed by atoms with Gasteiger partial charge in [-0.25, -0.2) is 9.97 Å². The quantitative estimate of drug-likeness (QED) is 0.601. The van der Waals surface area contributed by atoms with E-state index in [2.05, 4.69) is 32.2 Å². The molecule has 0 saturated carbocycles. The molecular weight excluding hydrogens is 282 g/mol. The largest absolute Gasteiger partial charge is 0.491 e. The summed E-state index contributed by atoms with van der Waals surface area (Å²) in [7, 11) is 1.68. The van der Waals surface area contributed by atoms with E-state index in [-0.39, 0.29) is 11.6 Å². The zero-order valence-electron chi connectivity index (χ0n) is 12.2. The monoisotopic (exact) mass is 299 g/mol. The summed E-state index contributed by atoms with van der Waals surface area (Å²) >= 11 is 0. The van der Waals surface area contributed by atoms with Gasteiger partial charge in [-0.1, -0.05) is 6.08 Å². The van der Waals surface area contributed by atoms with Crippen molar-refractivity contribution in [3.05, 3.63) is 49.1 Å². The van der Waals surface area contributed by atoms with E-state index >= 15 is 0 Å². The smallest absolute Gasteiger partial charge is 0.274 e. The van der Waals surface area contributed by atoms with Crippen LogP contribution in [0, 0.1) is 0 Å². The maximum Gasteiger partial charge on any atom is 0.274 e. The van der Waals surface area contributed by atoms with Crippen molar-refractivity contribution >= 4 is 17.5 Å².